The quantitative estimate of drug-likeness (QED) is 0.411. The van der Waals surface area contributed by atoms with Crippen molar-refractivity contribution >= 4 is 29.0 Å². The van der Waals surface area contributed by atoms with Crippen molar-refractivity contribution in [2.24, 2.45) is 4.99 Å². The van der Waals surface area contributed by atoms with Crippen LogP contribution in [0.3, 0.4) is 0 Å². The molecule has 2 aromatic carbocycles. The van der Waals surface area contributed by atoms with E-state index in [0.29, 0.717) is 16.7 Å². The first-order valence-electron chi connectivity index (χ1n) is 9.34. The molecule has 0 bridgehead atoms. The van der Waals surface area contributed by atoms with Crippen LogP contribution in [-0.4, -0.2) is 33.2 Å². The normalized spacial score (nSPS) is 10.6. The predicted octanol–water partition coefficient (Wildman–Crippen LogP) is 3.99. The maximum absolute atomic E-state index is 12.7. The highest BCUT2D eigenvalue weighted by Gasteiger charge is 2.08. The lowest BCUT2D eigenvalue weighted by Gasteiger charge is -2.00. The highest BCUT2D eigenvalue weighted by atomic mass is 16.4. The van der Waals surface area contributed by atoms with E-state index in [1.165, 1.54) is 18.5 Å². The minimum absolute atomic E-state index is 0.0556. The van der Waals surface area contributed by atoms with Gasteiger partial charge in [-0.1, -0.05) is 36.1 Å². The Kier molecular flexibility index (Phi) is 5.59. The lowest BCUT2D eigenvalue weighted by atomic mass is 10.1. The van der Waals surface area contributed by atoms with Crippen molar-refractivity contribution in [3.8, 4) is 11.8 Å². The molecule has 0 saturated carbocycles. The first-order chi connectivity index (χ1) is 15.1. The molecule has 148 valence electrons. The fraction of sp³-hybridized carbons (Fsp3) is 0. The van der Waals surface area contributed by atoms with Crippen LogP contribution in [0.1, 0.15) is 37.5 Å². The Balaban J connectivity index is 1.57. The van der Waals surface area contributed by atoms with Crippen molar-refractivity contribution in [2.75, 3.05) is 0 Å². The molecule has 4 rings (SSSR count). The lowest BCUT2D eigenvalue weighted by Crippen LogP contribution is -2.00. The Labute approximate surface area is 178 Å². The number of fused-ring (bicyclic) bond motifs is 1. The van der Waals surface area contributed by atoms with Gasteiger partial charge in [0.05, 0.1) is 11.1 Å². The maximum Gasteiger partial charge on any atom is 0.354 e. The maximum atomic E-state index is 12.7. The number of aliphatic imine (C=N–C) groups is 1. The number of aromatic nitrogens is 2. The Morgan fingerprint density at radius 2 is 1.81 bits per heavy atom. The van der Waals surface area contributed by atoms with Crippen LogP contribution in [0, 0.1) is 11.8 Å². The fourth-order valence-corrected chi connectivity index (χ4v) is 2.89. The monoisotopic (exact) mass is 405 g/mol. The molecule has 6 heteroatoms. The van der Waals surface area contributed by atoms with Gasteiger partial charge in [-0.3, -0.25) is 9.78 Å². The molecule has 1 N–H and O–H groups in total. The summed E-state index contributed by atoms with van der Waals surface area (Å²) in [4.78, 5) is 35.8. The molecule has 2 aromatic heterocycles. The van der Waals surface area contributed by atoms with Gasteiger partial charge < -0.3 is 5.11 Å². The molecule has 1 amide bonds. The number of benzene rings is 2. The Hall–Kier alpha value is -4.63. The zero-order chi connectivity index (χ0) is 21.6. The van der Waals surface area contributed by atoms with Gasteiger partial charge in [0.2, 0.25) is 0 Å². The van der Waals surface area contributed by atoms with Crippen LogP contribution < -0.4 is 0 Å². The Bertz CT molecular complexity index is 1380. The average Bonchev–Trinajstić information content (AvgIpc) is 2.81. The third-order valence-corrected chi connectivity index (χ3v) is 4.44. The van der Waals surface area contributed by atoms with Gasteiger partial charge in [-0.2, -0.15) is 0 Å². The number of carbonyl (C=O) groups excluding carboxylic acids is 1. The third kappa shape index (κ3) is 4.69. The molecule has 0 spiro atoms. The second-order valence-electron chi connectivity index (χ2n) is 6.55. The minimum atomic E-state index is -1.10. The fourth-order valence-electron chi connectivity index (χ4n) is 2.89. The van der Waals surface area contributed by atoms with Crippen LogP contribution in [-0.2, 0) is 0 Å². The summed E-state index contributed by atoms with van der Waals surface area (Å²) in [6.45, 7) is 0. The highest BCUT2D eigenvalue weighted by Crippen LogP contribution is 2.13. The minimum Gasteiger partial charge on any atom is -0.477 e. The Morgan fingerprint density at radius 1 is 0.935 bits per heavy atom. The lowest BCUT2D eigenvalue weighted by molar-refractivity contribution is 0.0690. The van der Waals surface area contributed by atoms with Crippen LogP contribution in [0.4, 0.5) is 0 Å². The number of hydrogen-bond acceptors (Lipinski definition) is 4. The van der Waals surface area contributed by atoms with Crippen molar-refractivity contribution in [1.82, 2.24) is 9.97 Å². The van der Waals surface area contributed by atoms with Crippen molar-refractivity contribution in [3.63, 3.8) is 0 Å². The van der Waals surface area contributed by atoms with Crippen LogP contribution in [0.2, 0.25) is 0 Å². The van der Waals surface area contributed by atoms with Gasteiger partial charge in [0, 0.05) is 35.1 Å². The summed E-state index contributed by atoms with van der Waals surface area (Å²) < 4.78 is 0. The van der Waals surface area contributed by atoms with E-state index in [-0.39, 0.29) is 5.69 Å². The summed E-state index contributed by atoms with van der Waals surface area (Å²) in [5.41, 5.74) is 3.05. The molecule has 2 heterocycles. The van der Waals surface area contributed by atoms with E-state index < -0.39 is 11.9 Å². The number of hydrogen-bond donors (Lipinski definition) is 1. The van der Waals surface area contributed by atoms with Gasteiger partial charge >= 0.3 is 5.97 Å². The van der Waals surface area contributed by atoms with Crippen LogP contribution >= 0.6 is 0 Å². The molecule has 31 heavy (non-hydrogen) atoms. The zero-order valence-corrected chi connectivity index (χ0v) is 16.2. The molecule has 4 aromatic rings. The number of carboxylic acids is 1. The van der Waals surface area contributed by atoms with E-state index in [1.54, 1.807) is 36.5 Å². The largest absolute Gasteiger partial charge is 0.477 e. The molecule has 0 saturated heterocycles. The number of pyridine rings is 2. The highest BCUT2D eigenvalue weighted by molar-refractivity contribution is 6.04. The topological polar surface area (TPSA) is 92.5 Å². The molecule has 0 radical (unpaired) electrons. The van der Waals surface area contributed by atoms with Crippen molar-refractivity contribution in [1.29, 1.82) is 0 Å². The molecule has 0 fully saturated rings. The molecule has 0 aliphatic carbocycles. The molecule has 0 aliphatic rings. The summed E-state index contributed by atoms with van der Waals surface area (Å²) in [6, 6.07) is 19.3. The van der Waals surface area contributed by atoms with Gasteiger partial charge in [-0.15, -0.1) is 0 Å². The molecule has 0 unspecified atom stereocenters. The Morgan fingerprint density at radius 3 is 2.61 bits per heavy atom. The van der Waals surface area contributed by atoms with Gasteiger partial charge in [-0.25, -0.2) is 14.8 Å². The standard InChI is InChI=1S/C25H15N3O3/c29-24(28-16-18-9-11-22-20(14-18)5-3-13-26-22)21-6-2-1-4-19(21)10-7-17-8-12-23(25(30)31)27-15-17/h1-6,8-9,11-16H,(H,30,31). The van der Waals surface area contributed by atoms with E-state index >= 15 is 0 Å². The van der Waals surface area contributed by atoms with Gasteiger partial charge in [0.1, 0.15) is 5.69 Å². The second-order valence-corrected chi connectivity index (χ2v) is 6.55. The molecule has 6 nitrogen and oxygen atoms in total. The number of carboxylic acid groups (broad SMARTS) is 1. The van der Waals surface area contributed by atoms with E-state index in [1.807, 2.05) is 30.3 Å². The second kappa shape index (κ2) is 8.80. The molecular formula is C25H15N3O3. The summed E-state index contributed by atoms with van der Waals surface area (Å²) in [6.07, 6.45) is 4.63. The van der Waals surface area contributed by atoms with E-state index in [0.717, 1.165) is 16.5 Å². The number of carbonyl (C=O) groups is 2. The first kappa shape index (κ1) is 19.7. The first-order valence-corrected chi connectivity index (χ1v) is 9.34. The SMILES string of the molecule is O=C(O)c1ccc(C#Cc2ccccc2C(=O)N=Cc2ccc3ncccc3c2)cn1. The number of nitrogens with zero attached hydrogens (tertiary/aromatic N) is 3. The van der Waals surface area contributed by atoms with E-state index in [2.05, 4.69) is 26.8 Å². The number of aromatic carboxylic acids is 1. The molecule has 0 atom stereocenters. The van der Waals surface area contributed by atoms with Crippen LogP contribution in [0.5, 0.6) is 0 Å². The van der Waals surface area contributed by atoms with Crippen molar-refractivity contribution < 1.29 is 14.7 Å². The third-order valence-electron chi connectivity index (χ3n) is 4.44. The van der Waals surface area contributed by atoms with Crippen LogP contribution in [0.25, 0.3) is 10.9 Å². The summed E-state index contributed by atoms with van der Waals surface area (Å²) in [7, 11) is 0. The smallest absolute Gasteiger partial charge is 0.354 e. The number of rotatable bonds is 3. The van der Waals surface area contributed by atoms with E-state index in [9.17, 15) is 9.59 Å². The molecular weight excluding hydrogens is 390 g/mol. The van der Waals surface area contributed by atoms with Crippen molar-refractivity contribution in [3.05, 3.63) is 107 Å². The predicted molar refractivity (Wildman–Crippen MR) is 117 cm³/mol. The van der Waals surface area contributed by atoms with Crippen molar-refractivity contribution in [2.45, 2.75) is 0 Å². The zero-order valence-electron chi connectivity index (χ0n) is 16.2. The van der Waals surface area contributed by atoms with Crippen LogP contribution in [0.15, 0.2) is 84.1 Å². The summed E-state index contributed by atoms with van der Waals surface area (Å²) in [5.74, 6) is 4.33. The van der Waals surface area contributed by atoms with Gasteiger partial charge in [0.15, 0.2) is 0 Å². The summed E-state index contributed by atoms with van der Waals surface area (Å²) >= 11 is 0. The number of amides is 1. The molecule has 0 aliphatic heterocycles. The van der Waals surface area contributed by atoms with E-state index in [4.69, 9.17) is 5.11 Å². The van der Waals surface area contributed by atoms with Gasteiger partial charge in [-0.05, 0) is 48.0 Å². The van der Waals surface area contributed by atoms with Gasteiger partial charge in [0.25, 0.3) is 5.91 Å². The summed E-state index contributed by atoms with van der Waals surface area (Å²) in [5, 5.41) is 9.88. The average molecular weight is 405 g/mol.